The zero-order valence-electron chi connectivity index (χ0n) is 12.8. The minimum Gasteiger partial charge on any atom is -0.379 e. The average Bonchev–Trinajstić information content (AvgIpc) is 3.04. The molecule has 1 fully saturated rings. The number of hydrogen-bond donors (Lipinski definition) is 1. The summed E-state index contributed by atoms with van der Waals surface area (Å²) in [6, 6.07) is 6.15. The number of ether oxygens (including phenoxy) is 2. The highest BCUT2D eigenvalue weighted by Crippen LogP contribution is 2.25. The van der Waals surface area contributed by atoms with Gasteiger partial charge in [0, 0.05) is 30.2 Å². The molecule has 1 aromatic rings. The van der Waals surface area contributed by atoms with E-state index in [0.717, 1.165) is 25.9 Å². The summed E-state index contributed by atoms with van der Waals surface area (Å²) in [5, 5.41) is 2.78. The van der Waals surface area contributed by atoms with Crippen LogP contribution in [0.1, 0.15) is 29.6 Å². The van der Waals surface area contributed by atoms with E-state index in [0.29, 0.717) is 42.0 Å². The predicted molar refractivity (Wildman–Crippen MR) is 85.0 cm³/mol. The highest BCUT2D eigenvalue weighted by molar-refractivity contribution is 7.99. The summed E-state index contributed by atoms with van der Waals surface area (Å²) >= 11 is 0.464. The van der Waals surface area contributed by atoms with Gasteiger partial charge in [0.1, 0.15) is 0 Å². The molecule has 0 saturated carbocycles. The van der Waals surface area contributed by atoms with Crippen molar-refractivity contribution in [1.82, 2.24) is 5.32 Å². The second-order valence-electron chi connectivity index (χ2n) is 5.22. The molecule has 0 bridgehead atoms. The summed E-state index contributed by atoms with van der Waals surface area (Å²) in [6.45, 7) is 2.51. The number of carbonyl (C=O) groups is 1. The van der Waals surface area contributed by atoms with Crippen molar-refractivity contribution in [3.63, 3.8) is 0 Å². The molecule has 1 aliphatic heterocycles. The Morgan fingerprint density at radius 1 is 1.39 bits per heavy atom. The fraction of sp³-hybridized carbons (Fsp3) is 0.562. The Kier molecular flexibility index (Phi) is 7.78. The van der Waals surface area contributed by atoms with Crippen LogP contribution in [0, 0.1) is 0 Å². The molecule has 23 heavy (non-hydrogen) atoms. The van der Waals surface area contributed by atoms with Crippen molar-refractivity contribution in [3.8, 4) is 0 Å². The number of benzene rings is 1. The molecule has 1 N–H and O–H groups in total. The molecule has 1 atom stereocenters. The minimum absolute atomic E-state index is 0.210. The van der Waals surface area contributed by atoms with Gasteiger partial charge in [0.25, 0.3) is 11.7 Å². The molecule has 4 nitrogen and oxygen atoms in total. The van der Waals surface area contributed by atoms with Crippen molar-refractivity contribution in [2.45, 2.75) is 36.0 Å². The molecule has 0 aliphatic carbocycles. The van der Waals surface area contributed by atoms with E-state index in [-0.39, 0.29) is 12.0 Å². The average molecular weight is 345 g/mol. The van der Waals surface area contributed by atoms with Gasteiger partial charge in [-0.25, -0.2) is 0 Å². The van der Waals surface area contributed by atoms with Gasteiger partial charge in [-0.3, -0.25) is 4.79 Å². The number of carbonyl (C=O) groups excluding carboxylic acids is 1. The van der Waals surface area contributed by atoms with Crippen molar-refractivity contribution in [2.24, 2.45) is 0 Å². The molecule has 0 spiro atoms. The Balaban J connectivity index is 1.58. The Hall–Kier alpha value is -1.18. The van der Waals surface area contributed by atoms with Gasteiger partial charge < -0.3 is 14.8 Å². The normalized spacial score (nSPS) is 17.6. The first-order valence-electron chi connectivity index (χ1n) is 7.67. The van der Waals surface area contributed by atoms with Gasteiger partial charge in [0.15, 0.2) is 0 Å². The highest BCUT2D eigenvalue weighted by atomic mass is 32.2. The van der Waals surface area contributed by atoms with E-state index < -0.39 is 5.76 Å². The zero-order chi connectivity index (χ0) is 16.5. The lowest BCUT2D eigenvalue weighted by Gasteiger charge is -2.10. The smallest absolute Gasteiger partial charge is 0.288 e. The summed E-state index contributed by atoms with van der Waals surface area (Å²) in [6.07, 6.45) is 3.08. The number of rotatable bonds is 9. The van der Waals surface area contributed by atoms with Gasteiger partial charge in [-0.2, -0.15) is 8.78 Å². The van der Waals surface area contributed by atoms with Gasteiger partial charge >= 0.3 is 0 Å². The maximum atomic E-state index is 12.2. The third-order valence-corrected chi connectivity index (χ3v) is 4.14. The number of nitrogens with one attached hydrogen (secondary N) is 1. The topological polar surface area (TPSA) is 47.6 Å². The van der Waals surface area contributed by atoms with Gasteiger partial charge in [0.05, 0.1) is 12.7 Å². The van der Waals surface area contributed by atoms with E-state index >= 15 is 0 Å². The number of alkyl halides is 2. The second kappa shape index (κ2) is 9.85. The largest absolute Gasteiger partial charge is 0.379 e. The third-order valence-electron chi connectivity index (χ3n) is 3.42. The minimum atomic E-state index is -2.45. The maximum Gasteiger partial charge on any atom is 0.288 e. The SMILES string of the molecule is O=C(NCCCOCC1CCCO1)c1ccc(SC(F)F)cc1. The molecule has 1 unspecified atom stereocenters. The fourth-order valence-corrected chi connectivity index (χ4v) is 2.76. The summed E-state index contributed by atoms with van der Waals surface area (Å²) in [5.74, 6) is -2.66. The van der Waals surface area contributed by atoms with Crippen LogP contribution >= 0.6 is 11.8 Å². The van der Waals surface area contributed by atoms with Crippen LogP contribution in [0.3, 0.4) is 0 Å². The molecular formula is C16H21F2NO3S. The van der Waals surface area contributed by atoms with Crippen LogP contribution in [0.5, 0.6) is 0 Å². The van der Waals surface area contributed by atoms with Crippen LogP contribution in [0.2, 0.25) is 0 Å². The standard InChI is InChI=1S/C16H21F2NO3S/c17-16(18)23-14-6-4-12(5-7-14)15(20)19-8-2-9-21-11-13-3-1-10-22-13/h4-7,13,16H,1-3,8-11H2,(H,19,20). The van der Waals surface area contributed by atoms with Crippen molar-refractivity contribution in [2.75, 3.05) is 26.4 Å². The van der Waals surface area contributed by atoms with E-state index in [4.69, 9.17) is 9.47 Å². The van der Waals surface area contributed by atoms with Crippen LogP contribution in [-0.4, -0.2) is 44.1 Å². The number of hydrogen-bond acceptors (Lipinski definition) is 4. The van der Waals surface area contributed by atoms with Gasteiger partial charge in [-0.05, 0) is 43.5 Å². The monoisotopic (exact) mass is 345 g/mol. The Labute approximate surface area is 138 Å². The Morgan fingerprint density at radius 3 is 2.83 bits per heavy atom. The third kappa shape index (κ3) is 6.85. The molecule has 1 amide bonds. The van der Waals surface area contributed by atoms with Gasteiger partial charge in [0.2, 0.25) is 0 Å². The molecule has 2 rings (SSSR count). The van der Waals surface area contributed by atoms with E-state index in [1.165, 1.54) is 12.1 Å². The molecule has 1 aliphatic rings. The van der Waals surface area contributed by atoms with Crippen molar-refractivity contribution >= 4 is 17.7 Å². The van der Waals surface area contributed by atoms with Crippen LogP contribution in [-0.2, 0) is 9.47 Å². The van der Waals surface area contributed by atoms with Crippen LogP contribution in [0.25, 0.3) is 0 Å². The summed E-state index contributed by atoms with van der Waals surface area (Å²) in [5.41, 5.74) is 0.462. The lowest BCUT2D eigenvalue weighted by atomic mass is 10.2. The molecule has 1 saturated heterocycles. The molecule has 7 heteroatoms. The van der Waals surface area contributed by atoms with Crippen LogP contribution in [0.15, 0.2) is 29.2 Å². The Bertz CT molecular complexity index is 479. The molecular weight excluding hydrogens is 324 g/mol. The van der Waals surface area contributed by atoms with E-state index in [1.54, 1.807) is 12.1 Å². The Morgan fingerprint density at radius 2 is 2.17 bits per heavy atom. The molecule has 0 radical (unpaired) electrons. The van der Waals surface area contributed by atoms with Crippen molar-refractivity contribution < 1.29 is 23.0 Å². The lowest BCUT2D eigenvalue weighted by Crippen LogP contribution is -2.25. The zero-order valence-corrected chi connectivity index (χ0v) is 13.6. The molecule has 1 aromatic carbocycles. The van der Waals surface area contributed by atoms with Crippen molar-refractivity contribution in [3.05, 3.63) is 29.8 Å². The molecule has 0 aromatic heterocycles. The second-order valence-corrected chi connectivity index (χ2v) is 6.29. The van der Waals surface area contributed by atoms with E-state index in [9.17, 15) is 13.6 Å². The quantitative estimate of drug-likeness (QED) is 0.551. The highest BCUT2D eigenvalue weighted by Gasteiger charge is 2.15. The van der Waals surface area contributed by atoms with Crippen LogP contribution in [0.4, 0.5) is 8.78 Å². The van der Waals surface area contributed by atoms with E-state index in [1.807, 2.05) is 0 Å². The summed E-state index contributed by atoms with van der Waals surface area (Å²) in [7, 11) is 0. The number of amides is 1. The van der Waals surface area contributed by atoms with E-state index in [2.05, 4.69) is 5.32 Å². The first-order chi connectivity index (χ1) is 11.1. The summed E-state index contributed by atoms with van der Waals surface area (Å²) < 4.78 is 35.4. The van der Waals surface area contributed by atoms with Gasteiger partial charge in [-0.1, -0.05) is 11.8 Å². The maximum absolute atomic E-state index is 12.2. The van der Waals surface area contributed by atoms with Gasteiger partial charge in [-0.15, -0.1) is 0 Å². The number of thioether (sulfide) groups is 1. The fourth-order valence-electron chi connectivity index (χ4n) is 2.26. The molecule has 128 valence electrons. The molecule has 1 heterocycles. The lowest BCUT2D eigenvalue weighted by molar-refractivity contribution is 0.0166. The predicted octanol–water partition coefficient (Wildman–Crippen LogP) is 3.32. The first-order valence-corrected chi connectivity index (χ1v) is 8.55. The van der Waals surface area contributed by atoms with Crippen LogP contribution < -0.4 is 5.32 Å². The first kappa shape index (κ1) is 18.2. The van der Waals surface area contributed by atoms with Crippen molar-refractivity contribution in [1.29, 1.82) is 0 Å². The summed E-state index contributed by atoms with van der Waals surface area (Å²) in [4.78, 5) is 12.3. The number of halogens is 2.